The molecule has 0 saturated heterocycles. The van der Waals surface area contributed by atoms with Crippen molar-refractivity contribution >= 4 is 14.3 Å². The van der Waals surface area contributed by atoms with Gasteiger partial charge in [-0.25, -0.2) is 4.79 Å². The lowest BCUT2D eigenvalue weighted by molar-refractivity contribution is -0.137. The molecule has 0 aliphatic carbocycles. The van der Waals surface area contributed by atoms with Gasteiger partial charge < -0.3 is 9.16 Å². The summed E-state index contributed by atoms with van der Waals surface area (Å²) < 4.78 is 11.4. The van der Waals surface area contributed by atoms with E-state index in [1.54, 1.807) is 0 Å². The topological polar surface area (TPSA) is 35.5 Å². The molecule has 0 aliphatic rings. The average Bonchev–Trinajstić information content (AvgIpc) is 2.47. The van der Waals surface area contributed by atoms with Crippen molar-refractivity contribution in [2.75, 3.05) is 6.61 Å². The minimum Gasteiger partial charge on any atom is -0.463 e. The summed E-state index contributed by atoms with van der Waals surface area (Å²) in [6, 6.07) is 3.47. The van der Waals surface area contributed by atoms with Crippen molar-refractivity contribution in [3.05, 3.63) is 12.2 Å². The second-order valence-corrected chi connectivity index (χ2v) is 10.0. The van der Waals surface area contributed by atoms with E-state index < -0.39 is 8.32 Å². The first-order valence-corrected chi connectivity index (χ1v) is 10.5. The van der Waals surface area contributed by atoms with Gasteiger partial charge in [-0.1, -0.05) is 40.7 Å². The molecule has 118 valence electrons. The van der Waals surface area contributed by atoms with Gasteiger partial charge in [0.15, 0.2) is 8.32 Å². The highest BCUT2D eigenvalue weighted by molar-refractivity contribution is 6.73. The first-order valence-electron chi connectivity index (χ1n) is 8.01. The van der Waals surface area contributed by atoms with Crippen LogP contribution >= 0.6 is 0 Å². The van der Waals surface area contributed by atoms with E-state index in [9.17, 15) is 4.79 Å². The van der Waals surface area contributed by atoms with Crippen LogP contribution in [0.2, 0.25) is 18.1 Å². The van der Waals surface area contributed by atoms with Crippen LogP contribution in [-0.4, -0.2) is 27.0 Å². The van der Waals surface area contributed by atoms with Gasteiger partial charge in [-0.15, -0.1) is 0 Å². The third-order valence-corrected chi connectivity index (χ3v) is 8.81. The van der Waals surface area contributed by atoms with Crippen LogP contribution in [0.25, 0.3) is 0 Å². The summed E-state index contributed by atoms with van der Waals surface area (Å²) in [6.45, 7) is 13.2. The molecule has 4 heteroatoms. The minimum absolute atomic E-state index is 0.201. The number of hydrogen-bond acceptors (Lipinski definition) is 3. The van der Waals surface area contributed by atoms with Gasteiger partial charge in [0, 0.05) is 6.08 Å². The Bertz CT molecular complexity index is 290. The number of rotatable bonds is 10. The SMILES string of the molecule is CCOC(=O)/C=C/[C@H](C)[C@@H](CC)O[Si](CC)(CC)CC. The molecule has 0 N–H and O–H groups in total. The van der Waals surface area contributed by atoms with Gasteiger partial charge in [0.05, 0.1) is 12.7 Å². The van der Waals surface area contributed by atoms with Crippen molar-refractivity contribution in [2.45, 2.75) is 72.2 Å². The lowest BCUT2D eigenvalue weighted by Crippen LogP contribution is -2.41. The molecule has 0 heterocycles. The molecular weight excluding hydrogens is 268 g/mol. The summed E-state index contributed by atoms with van der Waals surface area (Å²) in [6.07, 6.45) is 4.63. The Kier molecular flexibility index (Phi) is 9.85. The maximum absolute atomic E-state index is 11.4. The fourth-order valence-electron chi connectivity index (χ4n) is 2.43. The lowest BCUT2D eigenvalue weighted by Gasteiger charge is -2.35. The van der Waals surface area contributed by atoms with E-state index in [0.29, 0.717) is 6.61 Å². The molecule has 3 nitrogen and oxygen atoms in total. The summed E-state index contributed by atoms with van der Waals surface area (Å²) in [4.78, 5) is 11.4. The van der Waals surface area contributed by atoms with Crippen LogP contribution in [0.3, 0.4) is 0 Å². The number of hydrogen-bond donors (Lipinski definition) is 0. The highest BCUT2D eigenvalue weighted by atomic mass is 28.4. The van der Waals surface area contributed by atoms with E-state index in [2.05, 4.69) is 34.6 Å². The van der Waals surface area contributed by atoms with Gasteiger partial charge in [-0.3, -0.25) is 0 Å². The third-order valence-electron chi connectivity index (χ3n) is 4.15. The fourth-order valence-corrected chi connectivity index (χ4v) is 5.45. The standard InChI is InChI=1S/C16H32O3Si/c1-7-15(19-20(9-3,10-4)11-5)14(6)12-13-16(17)18-8-2/h12-15H,7-11H2,1-6H3/b13-12+/t14-,15+/m0/s1. The van der Waals surface area contributed by atoms with Gasteiger partial charge >= 0.3 is 5.97 Å². The molecular formula is C16H32O3Si. The predicted octanol–water partition coefficient (Wildman–Crippen LogP) is 4.54. The van der Waals surface area contributed by atoms with Crippen molar-refractivity contribution in [2.24, 2.45) is 5.92 Å². The van der Waals surface area contributed by atoms with Crippen molar-refractivity contribution in [1.29, 1.82) is 0 Å². The quantitative estimate of drug-likeness (QED) is 0.337. The Hall–Kier alpha value is -0.613. The number of carbonyl (C=O) groups is 1. The molecule has 2 atom stereocenters. The Balaban J connectivity index is 4.69. The summed E-state index contributed by atoms with van der Waals surface area (Å²) >= 11 is 0. The summed E-state index contributed by atoms with van der Waals surface area (Å²) in [5.74, 6) is -0.0277. The molecule has 0 spiro atoms. The second kappa shape index (κ2) is 10.2. The Morgan fingerprint density at radius 3 is 2.05 bits per heavy atom. The second-order valence-electron chi connectivity index (χ2n) is 5.28. The van der Waals surface area contributed by atoms with Crippen LogP contribution in [0.15, 0.2) is 12.2 Å². The highest BCUT2D eigenvalue weighted by Crippen LogP contribution is 2.27. The van der Waals surface area contributed by atoms with Gasteiger partial charge in [0.1, 0.15) is 0 Å². The van der Waals surface area contributed by atoms with Crippen LogP contribution < -0.4 is 0 Å². The molecule has 20 heavy (non-hydrogen) atoms. The molecule has 0 amide bonds. The van der Waals surface area contributed by atoms with Crippen LogP contribution in [0.4, 0.5) is 0 Å². The molecule has 0 aromatic heterocycles. The summed E-state index contributed by atoms with van der Waals surface area (Å²) in [7, 11) is -1.59. The van der Waals surface area contributed by atoms with Crippen molar-refractivity contribution in [1.82, 2.24) is 0 Å². The van der Waals surface area contributed by atoms with Crippen LogP contribution in [-0.2, 0) is 14.0 Å². The molecule has 0 aliphatic heterocycles. The molecule has 0 aromatic rings. The van der Waals surface area contributed by atoms with Crippen LogP contribution in [0.5, 0.6) is 0 Å². The molecule has 0 saturated carbocycles. The van der Waals surface area contributed by atoms with Crippen molar-refractivity contribution in [3.8, 4) is 0 Å². The zero-order chi connectivity index (χ0) is 15.6. The van der Waals surface area contributed by atoms with Gasteiger partial charge in [-0.2, -0.15) is 0 Å². The Labute approximate surface area is 125 Å². The van der Waals surface area contributed by atoms with E-state index in [1.165, 1.54) is 6.08 Å². The lowest BCUT2D eigenvalue weighted by atomic mass is 10.0. The number of esters is 1. The van der Waals surface area contributed by atoms with E-state index in [0.717, 1.165) is 24.6 Å². The van der Waals surface area contributed by atoms with E-state index >= 15 is 0 Å². The zero-order valence-electron chi connectivity index (χ0n) is 14.1. The molecule has 0 bridgehead atoms. The number of carbonyl (C=O) groups excluding carboxylic acids is 1. The third kappa shape index (κ3) is 6.22. The maximum atomic E-state index is 11.4. The largest absolute Gasteiger partial charge is 0.463 e. The Morgan fingerprint density at radius 1 is 1.10 bits per heavy atom. The van der Waals surface area contributed by atoms with Crippen molar-refractivity contribution in [3.63, 3.8) is 0 Å². The summed E-state index contributed by atoms with van der Waals surface area (Å²) in [5.41, 5.74) is 0. The monoisotopic (exact) mass is 300 g/mol. The van der Waals surface area contributed by atoms with E-state index in [4.69, 9.17) is 9.16 Å². The van der Waals surface area contributed by atoms with Gasteiger partial charge in [0.2, 0.25) is 0 Å². The molecule has 0 aromatic carbocycles. The van der Waals surface area contributed by atoms with Gasteiger partial charge in [0.25, 0.3) is 0 Å². The molecule has 0 fully saturated rings. The predicted molar refractivity (Wildman–Crippen MR) is 87.3 cm³/mol. The van der Waals surface area contributed by atoms with Crippen molar-refractivity contribution < 1.29 is 14.0 Å². The maximum Gasteiger partial charge on any atom is 0.330 e. The normalized spacial score (nSPS) is 15.3. The minimum atomic E-state index is -1.59. The van der Waals surface area contributed by atoms with Crippen LogP contribution in [0.1, 0.15) is 48.0 Å². The fraction of sp³-hybridized carbons (Fsp3) is 0.812. The molecule has 0 unspecified atom stereocenters. The van der Waals surface area contributed by atoms with E-state index in [1.807, 2.05) is 13.0 Å². The summed E-state index contributed by atoms with van der Waals surface area (Å²) in [5, 5.41) is 0. The molecule has 0 radical (unpaired) electrons. The smallest absolute Gasteiger partial charge is 0.330 e. The van der Waals surface area contributed by atoms with Gasteiger partial charge in [-0.05, 0) is 37.4 Å². The average molecular weight is 301 g/mol. The highest BCUT2D eigenvalue weighted by Gasteiger charge is 2.32. The first kappa shape index (κ1) is 19.4. The van der Waals surface area contributed by atoms with Crippen LogP contribution in [0, 0.1) is 5.92 Å². The first-order chi connectivity index (χ1) is 9.48. The van der Waals surface area contributed by atoms with E-state index in [-0.39, 0.29) is 18.0 Å². The zero-order valence-corrected chi connectivity index (χ0v) is 15.1. The Morgan fingerprint density at radius 2 is 1.65 bits per heavy atom. The number of ether oxygens (including phenoxy) is 1. The molecule has 0 rings (SSSR count).